The SMILES string of the molecule is CC(C)CC1(CN2CCC(C)(CN3CCN(C(C)C)CC3)CC2)CC1. The van der Waals surface area contributed by atoms with Gasteiger partial charge >= 0.3 is 0 Å². The smallest absolute Gasteiger partial charge is 0.0113 e. The number of likely N-dealkylation sites (tertiary alicyclic amines) is 1. The predicted molar refractivity (Wildman–Crippen MR) is 108 cm³/mol. The Bertz CT molecular complexity index is 411. The van der Waals surface area contributed by atoms with Crippen molar-refractivity contribution in [1.82, 2.24) is 14.7 Å². The largest absolute Gasteiger partial charge is 0.303 e. The molecule has 2 heterocycles. The van der Waals surface area contributed by atoms with Crippen molar-refractivity contribution in [2.24, 2.45) is 16.7 Å². The monoisotopic (exact) mass is 349 g/mol. The summed E-state index contributed by atoms with van der Waals surface area (Å²) in [6.45, 7) is 22.5. The molecule has 2 aliphatic heterocycles. The maximum absolute atomic E-state index is 2.80. The molecule has 2 saturated heterocycles. The standard InChI is InChI=1S/C22H43N3/c1-19(2)16-22(6-7-22)18-23-10-8-21(5,9-11-23)17-24-12-14-25(15-13-24)20(3)4/h19-20H,6-18H2,1-5H3. The van der Waals surface area contributed by atoms with Gasteiger partial charge in [0, 0.05) is 45.3 Å². The number of rotatable bonds is 7. The molecule has 0 aromatic carbocycles. The van der Waals surface area contributed by atoms with E-state index in [0.717, 1.165) is 5.92 Å². The minimum atomic E-state index is 0.547. The van der Waals surface area contributed by atoms with Crippen molar-refractivity contribution in [3.8, 4) is 0 Å². The Morgan fingerprint density at radius 2 is 1.28 bits per heavy atom. The third kappa shape index (κ3) is 5.43. The summed E-state index contributed by atoms with van der Waals surface area (Å²) in [6, 6.07) is 0.710. The van der Waals surface area contributed by atoms with Crippen LogP contribution in [0.5, 0.6) is 0 Å². The van der Waals surface area contributed by atoms with Gasteiger partial charge in [-0.2, -0.15) is 0 Å². The highest BCUT2D eigenvalue weighted by atomic mass is 15.3. The summed E-state index contributed by atoms with van der Waals surface area (Å²) in [5.41, 5.74) is 1.25. The van der Waals surface area contributed by atoms with E-state index in [1.807, 2.05) is 0 Å². The molecule has 0 radical (unpaired) electrons. The highest BCUT2D eigenvalue weighted by Gasteiger charge is 2.45. The van der Waals surface area contributed by atoms with E-state index in [0.29, 0.717) is 16.9 Å². The van der Waals surface area contributed by atoms with Gasteiger partial charge in [-0.1, -0.05) is 20.8 Å². The van der Waals surface area contributed by atoms with E-state index in [1.165, 1.54) is 84.5 Å². The lowest BCUT2D eigenvalue weighted by atomic mass is 9.79. The van der Waals surface area contributed by atoms with Crippen molar-refractivity contribution in [3.05, 3.63) is 0 Å². The van der Waals surface area contributed by atoms with E-state index in [1.54, 1.807) is 0 Å². The first kappa shape index (κ1) is 19.6. The fourth-order valence-corrected chi connectivity index (χ4v) is 5.33. The lowest BCUT2D eigenvalue weighted by Gasteiger charge is -2.45. The number of nitrogens with zero attached hydrogens (tertiary/aromatic N) is 3. The quantitative estimate of drug-likeness (QED) is 0.689. The molecule has 3 fully saturated rings. The molecule has 25 heavy (non-hydrogen) atoms. The fraction of sp³-hybridized carbons (Fsp3) is 1.00. The fourth-order valence-electron chi connectivity index (χ4n) is 5.33. The van der Waals surface area contributed by atoms with Gasteiger partial charge in [-0.3, -0.25) is 4.90 Å². The molecule has 0 aromatic rings. The minimum absolute atomic E-state index is 0.547. The van der Waals surface area contributed by atoms with Crippen molar-refractivity contribution < 1.29 is 0 Å². The van der Waals surface area contributed by atoms with Gasteiger partial charge in [-0.25, -0.2) is 0 Å². The van der Waals surface area contributed by atoms with Gasteiger partial charge in [0.1, 0.15) is 0 Å². The minimum Gasteiger partial charge on any atom is -0.303 e. The van der Waals surface area contributed by atoms with E-state index in [-0.39, 0.29) is 0 Å². The molecule has 146 valence electrons. The average Bonchev–Trinajstić information content (AvgIpc) is 3.28. The summed E-state index contributed by atoms with van der Waals surface area (Å²) in [7, 11) is 0. The van der Waals surface area contributed by atoms with E-state index in [4.69, 9.17) is 0 Å². The number of hydrogen-bond donors (Lipinski definition) is 0. The lowest BCUT2D eigenvalue weighted by molar-refractivity contribution is 0.0362. The van der Waals surface area contributed by atoms with Crippen molar-refractivity contribution in [2.45, 2.75) is 72.8 Å². The summed E-state index contributed by atoms with van der Waals surface area (Å²) in [5, 5.41) is 0. The molecule has 0 amide bonds. The molecule has 1 saturated carbocycles. The maximum atomic E-state index is 2.80. The molecule has 0 aromatic heterocycles. The van der Waals surface area contributed by atoms with E-state index in [2.05, 4.69) is 49.3 Å². The average molecular weight is 350 g/mol. The molecular weight excluding hydrogens is 306 g/mol. The topological polar surface area (TPSA) is 9.72 Å². The summed E-state index contributed by atoms with van der Waals surface area (Å²) in [6.07, 6.45) is 7.21. The summed E-state index contributed by atoms with van der Waals surface area (Å²) in [5.74, 6) is 0.863. The second kappa shape index (κ2) is 7.86. The highest BCUT2D eigenvalue weighted by molar-refractivity contribution is 4.97. The molecule has 3 aliphatic rings. The number of piperidine rings is 1. The second-order valence-corrected chi connectivity index (χ2v) is 10.6. The van der Waals surface area contributed by atoms with Crippen LogP contribution in [0.15, 0.2) is 0 Å². The van der Waals surface area contributed by atoms with Crippen molar-refractivity contribution in [2.75, 3.05) is 52.4 Å². The molecule has 3 heteroatoms. The van der Waals surface area contributed by atoms with Crippen molar-refractivity contribution in [1.29, 1.82) is 0 Å². The van der Waals surface area contributed by atoms with E-state index >= 15 is 0 Å². The van der Waals surface area contributed by atoms with Crippen LogP contribution in [0.25, 0.3) is 0 Å². The Morgan fingerprint density at radius 1 is 0.720 bits per heavy atom. The highest BCUT2D eigenvalue weighted by Crippen LogP contribution is 2.51. The second-order valence-electron chi connectivity index (χ2n) is 10.6. The van der Waals surface area contributed by atoms with Crippen LogP contribution >= 0.6 is 0 Å². The molecule has 0 atom stereocenters. The van der Waals surface area contributed by atoms with Crippen LogP contribution in [0.2, 0.25) is 0 Å². The maximum Gasteiger partial charge on any atom is 0.0113 e. The molecule has 0 bridgehead atoms. The Morgan fingerprint density at radius 3 is 1.76 bits per heavy atom. The molecule has 1 aliphatic carbocycles. The first-order chi connectivity index (χ1) is 11.8. The Labute approximate surface area is 157 Å². The molecule has 3 nitrogen and oxygen atoms in total. The zero-order chi connectivity index (χ0) is 18.1. The van der Waals surface area contributed by atoms with Crippen LogP contribution in [-0.2, 0) is 0 Å². The van der Waals surface area contributed by atoms with Crippen LogP contribution in [0.1, 0.15) is 66.7 Å². The summed E-state index contributed by atoms with van der Waals surface area (Å²) >= 11 is 0. The molecule has 0 N–H and O–H groups in total. The Kier molecular flexibility index (Phi) is 6.17. The third-order valence-corrected chi connectivity index (χ3v) is 7.16. The van der Waals surface area contributed by atoms with E-state index < -0.39 is 0 Å². The van der Waals surface area contributed by atoms with Gasteiger partial charge in [-0.05, 0) is 75.8 Å². The van der Waals surface area contributed by atoms with Gasteiger partial charge in [0.15, 0.2) is 0 Å². The zero-order valence-corrected chi connectivity index (χ0v) is 17.7. The summed E-state index contributed by atoms with van der Waals surface area (Å²) < 4.78 is 0. The van der Waals surface area contributed by atoms with Gasteiger partial charge in [0.25, 0.3) is 0 Å². The number of hydrogen-bond acceptors (Lipinski definition) is 3. The predicted octanol–water partition coefficient (Wildman–Crippen LogP) is 3.94. The normalized spacial score (nSPS) is 28.0. The third-order valence-electron chi connectivity index (χ3n) is 7.16. The van der Waals surface area contributed by atoms with Crippen molar-refractivity contribution in [3.63, 3.8) is 0 Å². The van der Waals surface area contributed by atoms with E-state index in [9.17, 15) is 0 Å². The summed E-state index contributed by atoms with van der Waals surface area (Å²) in [4.78, 5) is 8.18. The first-order valence-electron chi connectivity index (χ1n) is 11.0. The molecular formula is C22H43N3. The van der Waals surface area contributed by atoms with Crippen LogP contribution in [0.4, 0.5) is 0 Å². The van der Waals surface area contributed by atoms with Crippen LogP contribution in [0.3, 0.4) is 0 Å². The van der Waals surface area contributed by atoms with Crippen LogP contribution < -0.4 is 0 Å². The Balaban J connectivity index is 1.41. The molecule has 3 rings (SSSR count). The van der Waals surface area contributed by atoms with Gasteiger partial charge < -0.3 is 9.80 Å². The van der Waals surface area contributed by atoms with Gasteiger partial charge in [0.2, 0.25) is 0 Å². The lowest BCUT2D eigenvalue weighted by Crippen LogP contribution is -2.53. The number of piperazine rings is 1. The van der Waals surface area contributed by atoms with Crippen LogP contribution in [0, 0.1) is 16.7 Å². The molecule has 0 spiro atoms. The Hall–Kier alpha value is -0.120. The first-order valence-corrected chi connectivity index (χ1v) is 11.0. The zero-order valence-electron chi connectivity index (χ0n) is 17.7. The van der Waals surface area contributed by atoms with Gasteiger partial charge in [0.05, 0.1) is 0 Å². The van der Waals surface area contributed by atoms with Gasteiger partial charge in [-0.15, -0.1) is 0 Å². The van der Waals surface area contributed by atoms with Crippen LogP contribution in [-0.4, -0.2) is 73.1 Å². The molecule has 0 unspecified atom stereocenters. The van der Waals surface area contributed by atoms with Crippen molar-refractivity contribution >= 4 is 0 Å².